The lowest BCUT2D eigenvalue weighted by atomic mass is 9.97. The maximum absolute atomic E-state index is 13.1. The molecule has 0 aliphatic carbocycles. The molecule has 0 spiro atoms. The lowest BCUT2D eigenvalue weighted by Gasteiger charge is -2.32. The maximum Gasteiger partial charge on any atom is 0.245 e. The van der Waals surface area contributed by atoms with E-state index in [1.807, 2.05) is 56.3 Å². The number of likely N-dealkylation sites (N-methyl/N-ethyl adjacent to an activating group) is 2. The summed E-state index contributed by atoms with van der Waals surface area (Å²) in [6.45, 7) is 9.07. The molecule has 0 heterocycles. The maximum atomic E-state index is 13.1. The predicted octanol–water partition coefficient (Wildman–Crippen LogP) is 3.03. The van der Waals surface area contributed by atoms with Gasteiger partial charge in [-0.1, -0.05) is 87.9 Å². The van der Waals surface area contributed by atoms with E-state index in [-0.39, 0.29) is 17.7 Å². The molecule has 0 aliphatic rings. The Morgan fingerprint density at radius 3 is 2.32 bits per heavy atom. The largest absolute Gasteiger partial charge is 0.492 e. The zero-order chi connectivity index (χ0) is 30.5. The Morgan fingerprint density at radius 2 is 1.73 bits per heavy atom. The van der Waals surface area contributed by atoms with Gasteiger partial charge in [-0.15, -0.1) is 0 Å². The number of carbonyl (C=O) groups excluding carboxylic acids is 3. The van der Waals surface area contributed by atoms with Gasteiger partial charge in [-0.25, -0.2) is 0 Å². The highest BCUT2D eigenvalue weighted by molar-refractivity contribution is 5.89. The Kier molecular flexibility index (Phi) is 18.2. The molecule has 0 saturated heterocycles. The Bertz CT molecular complexity index is 1050. The highest BCUT2D eigenvalue weighted by Crippen LogP contribution is 2.19. The molecule has 3 unspecified atom stereocenters. The summed E-state index contributed by atoms with van der Waals surface area (Å²) in [6, 6.07) is 16.5. The number of hydrogen-bond donors (Lipinski definition) is 4. The smallest absolute Gasteiger partial charge is 0.245 e. The Labute approximate surface area is 245 Å². The summed E-state index contributed by atoms with van der Waals surface area (Å²) in [6.07, 6.45) is 6.25. The quantitative estimate of drug-likeness (QED) is 0.172. The third kappa shape index (κ3) is 13.0. The third-order valence-corrected chi connectivity index (χ3v) is 6.63. The van der Waals surface area contributed by atoms with Crippen LogP contribution in [0.4, 0.5) is 0 Å². The first-order valence-corrected chi connectivity index (χ1v) is 14.3. The average molecular weight is 569 g/mol. The standard InChI is InChI=1S/C24H38N4O5.C8H10/c1-5-18(3)22(24(32)28(4)20(16-29)23(31)26-6-2)27-14-15-33-21-12-8-7-10-19(21)11-9-13-25-17-30;1-2-8-6-4-3-5-7-8/h7-12,17-18,20,22,27,29H,5-6,13-16H2,1-4H3,(H,25,30)(H,26,31);3-7H,2H2,1H3/b11-9+;. The fourth-order valence-electron chi connectivity index (χ4n) is 3.95. The SMILES string of the molecule is CCNC(=O)C(CO)N(C)C(=O)C(NCCOc1ccccc1/C=C/CNC=O)C(C)CC.CCc1ccccc1. The fourth-order valence-corrected chi connectivity index (χ4v) is 3.95. The van der Waals surface area contributed by atoms with E-state index in [1.165, 1.54) is 17.5 Å². The molecule has 0 aliphatic heterocycles. The van der Waals surface area contributed by atoms with E-state index >= 15 is 0 Å². The van der Waals surface area contributed by atoms with Crippen molar-refractivity contribution in [1.29, 1.82) is 0 Å². The van der Waals surface area contributed by atoms with E-state index in [2.05, 4.69) is 47.1 Å². The van der Waals surface area contributed by atoms with Gasteiger partial charge in [-0.2, -0.15) is 0 Å². The minimum Gasteiger partial charge on any atom is -0.492 e. The number of para-hydroxylation sites is 1. The van der Waals surface area contributed by atoms with Gasteiger partial charge in [0, 0.05) is 32.2 Å². The monoisotopic (exact) mass is 568 g/mol. The van der Waals surface area contributed by atoms with Crippen molar-refractivity contribution in [3.8, 4) is 5.75 Å². The molecule has 0 saturated carbocycles. The van der Waals surface area contributed by atoms with E-state index in [4.69, 9.17) is 4.74 Å². The Balaban J connectivity index is 0.000000895. The molecule has 9 heteroatoms. The van der Waals surface area contributed by atoms with Crippen LogP contribution in [-0.4, -0.2) is 80.2 Å². The van der Waals surface area contributed by atoms with Crippen LogP contribution < -0.4 is 20.7 Å². The van der Waals surface area contributed by atoms with E-state index in [1.54, 1.807) is 6.92 Å². The molecule has 0 fully saturated rings. The summed E-state index contributed by atoms with van der Waals surface area (Å²) in [5.74, 6) is 0.0894. The van der Waals surface area contributed by atoms with Gasteiger partial charge >= 0.3 is 0 Å². The van der Waals surface area contributed by atoms with Crippen LogP contribution in [0.5, 0.6) is 5.75 Å². The summed E-state index contributed by atoms with van der Waals surface area (Å²) in [7, 11) is 1.54. The molecule has 226 valence electrons. The van der Waals surface area contributed by atoms with Crippen molar-refractivity contribution in [2.45, 2.75) is 52.6 Å². The summed E-state index contributed by atoms with van der Waals surface area (Å²) < 4.78 is 5.90. The van der Waals surface area contributed by atoms with Crippen molar-refractivity contribution in [2.24, 2.45) is 5.92 Å². The molecule has 3 amide bonds. The van der Waals surface area contributed by atoms with Crippen molar-refractivity contribution in [3.63, 3.8) is 0 Å². The number of aryl methyl sites for hydroxylation is 1. The van der Waals surface area contributed by atoms with Crippen molar-refractivity contribution in [2.75, 3.05) is 39.9 Å². The first kappa shape index (κ1) is 35.3. The van der Waals surface area contributed by atoms with Crippen molar-refractivity contribution >= 4 is 24.3 Å². The van der Waals surface area contributed by atoms with Crippen molar-refractivity contribution in [1.82, 2.24) is 20.9 Å². The summed E-state index contributed by atoms with van der Waals surface area (Å²) >= 11 is 0. The van der Waals surface area contributed by atoms with Crippen molar-refractivity contribution < 1.29 is 24.2 Å². The van der Waals surface area contributed by atoms with Gasteiger partial charge in [0.15, 0.2) is 0 Å². The minimum absolute atomic E-state index is 0.0223. The van der Waals surface area contributed by atoms with Gasteiger partial charge < -0.3 is 30.7 Å². The fraction of sp³-hybridized carbons (Fsp3) is 0.469. The van der Waals surface area contributed by atoms with E-state index < -0.39 is 18.7 Å². The molecule has 2 aromatic carbocycles. The molecule has 0 aromatic heterocycles. The lowest BCUT2D eigenvalue weighted by molar-refractivity contribution is -0.142. The molecule has 2 aromatic rings. The van der Waals surface area contributed by atoms with Crippen molar-refractivity contribution in [3.05, 3.63) is 71.8 Å². The van der Waals surface area contributed by atoms with Gasteiger partial charge in [-0.05, 0) is 30.9 Å². The number of amides is 3. The van der Waals surface area contributed by atoms with Crippen LogP contribution in [0.15, 0.2) is 60.7 Å². The number of benzene rings is 2. The number of hydrogen-bond acceptors (Lipinski definition) is 6. The summed E-state index contributed by atoms with van der Waals surface area (Å²) in [5, 5.41) is 18.1. The van der Waals surface area contributed by atoms with Crippen LogP contribution in [0.25, 0.3) is 6.08 Å². The van der Waals surface area contributed by atoms with Crippen LogP contribution in [0.1, 0.15) is 45.2 Å². The number of rotatable bonds is 17. The van der Waals surface area contributed by atoms with Crippen LogP contribution in [0.3, 0.4) is 0 Å². The van der Waals surface area contributed by atoms with E-state index in [9.17, 15) is 19.5 Å². The summed E-state index contributed by atoms with van der Waals surface area (Å²) in [4.78, 5) is 37.0. The Hall–Kier alpha value is -3.69. The molecule has 41 heavy (non-hydrogen) atoms. The minimum atomic E-state index is -0.936. The number of carbonyl (C=O) groups is 3. The highest BCUT2D eigenvalue weighted by Gasteiger charge is 2.32. The molecule has 0 bridgehead atoms. The second-order valence-corrected chi connectivity index (χ2v) is 9.51. The zero-order valence-corrected chi connectivity index (χ0v) is 25.1. The molecular formula is C32H48N4O5. The molecule has 2 rings (SSSR count). The third-order valence-electron chi connectivity index (χ3n) is 6.63. The van der Waals surface area contributed by atoms with E-state index in [0.717, 1.165) is 18.4 Å². The second kappa shape index (κ2) is 21.1. The predicted molar refractivity (Wildman–Crippen MR) is 164 cm³/mol. The summed E-state index contributed by atoms with van der Waals surface area (Å²) in [5.41, 5.74) is 2.29. The molecule has 9 nitrogen and oxygen atoms in total. The Morgan fingerprint density at radius 1 is 1.05 bits per heavy atom. The molecular weight excluding hydrogens is 520 g/mol. The number of aliphatic hydroxyl groups excluding tert-OH is 1. The number of nitrogens with zero attached hydrogens (tertiary/aromatic N) is 1. The van der Waals surface area contributed by atoms with Gasteiger partial charge in [-0.3, -0.25) is 14.4 Å². The molecule has 4 N–H and O–H groups in total. The topological polar surface area (TPSA) is 120 Å². The molecule has 0 radical (unpaired) electrons. The zero-order valence-electron chi connectivity index (χ0n) is 25.1. The first-order chi connectivity index (χ1) is 19.8. The van der Waals surface area contributed by atoms with E-state index in [0.29, 0.717) is 38.4 Å². The first-order valence-electron chi connectivity index (χ1n) is 14.3. The number of aliphatic hydroxyl groups is 1. The number of ether oxygens (including phenoxy) is 1. The van der Waals surface area contributed by atoms with Crippen LogP contribution in [0.2, 0.25) is 0 Å². The molecule has 3 atom stereocenters. The van der Waals surface area contributed by atoms with Gasteiger partial charge in [0.05, 0.1) is 12.6 Å². The van der Waals surface area contributed by atoms with Gasteiger partial charge in [0.1, 0.15) is 18.4 Å². The average Bonchev–Trinajstić information content (AvgIpc) is 3.00. The lowest BCUT2D eigenvalue weighted by Crippen LogP contribution is -2.56. The van der Waals surface area contributed by atoms with Gasteiger partial charge in [0.2, 0.25) is 18.2 Å². The normalized spacial score (nSPS) is 12.8. The number of nitrogens with one attached hydrogen (secondary N) is 3. The highest BCUT2D eigenvalue weighted by atomic mass is 16.5. The van der Waals surface area contributed by atoms with Crippen LogP contribution in [0, 0.1) is 5.92 Å². The van der Waals surface area contributed by atoms with Crippen LogP contribution in [-0.2, 0) is 20.8 Å². The van der Waals surface area contributed by atoms with Gasteiger partial charge in [0.25, 0.3) is 0 Å². The van der Waals surface area contributed by atoms with Crippen LogP contribution >= 0.6 is 0 Å². The second-order valence-electron chi connectivity index (χ2n) is 9.51.